The number of hydrogen-bond donors (Lipinski definition) is 0. The number of halogens is 1. The second-order valence-corrected chi connectivity index (χ2v) is 4.10. The summed E-state index contributed by atoms with van der Waals surface area (Å²) in [5, 5.41) is 0. The first kappa shape index (κ1) is 11.4. The van der Waals surface area contributed by atoms with Gasteiger partial charge in [0.15, 0.2) is 0 Å². The minimum atomic E-state index is 0.441. The standard InChI is InChI=1S/C11H12INO/c12-7-1-2-10-3-5-11(6-4-10)8-13-9-14/h3-6H,1-2,7-8H2. The predicted octanol–water partition coefficient (Wildman–Crippen LogP) is 2.89. The summed E-state index contributed by atoms with van der Waals surface area (Å²) in [5.74, 6) is 0. The van der Waals surface area contributed by atoms with Crippen LogP contribution in [0.5, 0.6) is 0 Å². The van der Waals surface area contributed by atoms with Gasteiger partial charge in [-0.05, 0) is 28.4 Å². The van der Waals surface area contributed by atoms with Crippen LogP contribution in [-0.4, -0.2) is 10.5 Å². The van der Waals surface area contributed by atoms with Gasteiger partial charge >= 0.3 is 0 Å². The third-order valence-corrected chi connectivity index (χ3v) is 2.71. The molecule has 14 heavy (non-hydrogen) atoms. The summed E-state index contributed by atoms with van der Waals surface area (Å²) < 4.78 is 1.19. The van der Waals surface area contributed by atoms with Crippen LogP contribution < -0.4 is 0 Å². The lowest BCUT2D eigenvalue weighted by Crippen LogP contribution is -1.87. The van der Waals surface area contributed by atoms with Gasteiger partial charge in [0.2, 0.25) is 6.08 Å². The highest BCUT2D eigenvalue weighted by molar-refractivity contribution is 14.1. The molecule has 0 bridgehead atoms. The Kier molecular flexibility index (Phi) is 5.49. The summed E-state index contributed by atoms with van der Waals surface area (Å²) in [7, 11) is 0. The highest BCUT2D eigenvalue weighted by Crippen LogP contribution is 2.08. The minimum absolute atomic E-state index is 0.441. The van der Waals surface area contributed by atoms with E-state index >= 15 is 0 Å². The molecule has 0 radical (unpaired) electrons. The first-order valence-electron chi connectivity index (χ1n) is 4.54. The van der Waals surface area contributed by atoms with Crippen molar-refractivity contribution in [1.29, 1.82) is 0 Å². The molecule has 74 valence electrons. The lowest BCUT2D eigenvalue weighted by Gasteiger charge is -2.00. The highest BCUT2D eigenvalue weighted by atomic mass is 127. The molecule has 0 N–H and O–H groups in total. The smallest absolute Gasteiger partial charge is 0.211 e. The van der Waals surface area contributed by atoms with Crippen molar-refractivity contribution in [3.8, 4) is 0 Å². The van der Waals surface area contributed by atoms with Gasteiger partial charge in [0.05, 0.1) is 6.54 Å². The van der Waals surface area contributed by atoms with Crippen LogP contribution in [0.25, 0.3) is 0 Å². The molecule has 0 spiro atoms. The van der Waals surface area contributed by atoms with Crippen molar-refractivity contribution in [2.24, 2.45) is 4.99 Å². The number of benzene rings is 1. The first-order valence-corrected chi connectivity index (χ1v) is 6.07. The maximum atomic E-state index is 9.89. The number of nitrogens with zero attached hydrogens (tertiary/aromatic N) is 1. The van der Waals surface area contributed by atoms with Crippen molar-refractivity contribution in [1.82, 2.24) is 0 Å². The van der Waals surface area contributed by atoms with E-state index in [4.69, 9.17) is 0 Å². The molecule has 0 unspecified atom stereocenters. The molecule has 3 heteroatoms. The van der Waals surface area contributed by atoms with E-state index in [0.29, 0.717) is 6.54 Å². The minimum Gasteiger partial charge on any atom is -0.211 e. The number of carbonyl (C=O) groups excluding carboxylic acids is 1. The normalized spacial score (nSPS) is 9.50. The van der Waals surface area contributed by atoms with E-state index in [0.717, 1.165) is 12.0 Å². The Morgan fingerprint density at radius 2 is 1.86 bits per heavy atom. The highest BCUT2D eigenvalue weighted by Gasteiger charge is 1.93. The van der Waals surface area contributed by atoms with Crippen LogP contribution >= 0.6 is 22.6 Å². The van der Waals surface area contributed by atoms with Crippen molar-refractivity contribution >= 4 is 28.7 Å². The van der Waals surface area contributed by atoms with Crippen molar-refractivity contribution in [2.75, 3.05) is 4.43 Å². The van der Waals surface area contributed by atoms with Gasteiger partial charge in [-0.25, -0.2) is 9.79 Å². The van der Waals surface area contributed by atoms with E-state index in [1.54, 1.807) is 0 Å². The second kappa shape index (κ2) is 6.74. The fourth-order valence-electron chi connectivity index (χ4n) is 1.21. The van der Waals surface area contributed by atoms with Crippen LogP contribution in [0, 0.1) is 0 Å². The molecule has 1 rings (SSSR count). The number of alkyl halides is 1. The lowest BCUT2D eigenvalue weighted by atomic mass is 10.1. The van der Waals surface area contributed by atoms with Gasteiger partial charge < -0.3 is 0 Å². The van der Waals surface area contributed by atoms with Gasteiger partial charge in [-0.3, -0.25) is 0 Å². The Hall–Kier alpha value is -0.670. The van der Waals surface area contributed by atoms with Gasteiger partial charge in [-0.15, -0.1) is 0 Å². The largest absolute Gasteiger partial charge is 0.235 e. The van der Waals surface area contributed by atoms with E-state index < -0.39 is 0 Å². The Labute approximate surface area is 97.6 Å². The zero-order chi connectivity index (χ0) is 10.2. The van der Waals surface area contributed by atoms with Crippen molar-refractivity contribution < 1.29 is 4.79 Å². The van der Waals surface area contributed by atoms with Crippen LogP contribution in [0.15, 0.2) is 29.3 Å². The van der Waals surface area contributed by atoms with E-state index in [2.05, 4.69) is 39.7 Å². The van der Waals surface area contributed by atoms with Crippen LogP contribution in [0.2, 0.25) is 0 Å². The number of hydrogen-bond acceptors (Lipinski definition) is 2. The third kappa shape index (κ3) is 4.03. The number of isocyanates is 1. The zero-order valence-electron chi connectivity index (χ0n) is 7.87. The molecule has 0 amide bonds. The third-order valence-electron chi connectivity index (χ3n) is 1.95. The van der Waals surface area contributed by atoms with E-state index in [1.165, 1.54) is 22.5 Å². The number of aryl methyl sites for hydroxylation is 1. The first-order chi connectivity index (χ1) is 6.86. The van der Waals surface area contributed by atoms with Gasteiger partial charge in [-0.1, -0.05) is 46.9 Å². The molecule has 1 aromatic rings. The molecule has 0 aliphatic heterocycles. The monoisotopic (exact) mass is 301 g/mol. The van der Waals surface area contributed by atoms with Gasteiger partial charge in [0.25, 0.3) is 0 Å². The average Bonchev–Trinajstić information content (AvgIpc) is 2.25. The molecular formula is C11H12INO. The van der Waals surface area contributed by atoms with Gasteiger partial charge in [-0.2, -0.15) is 0 Å². The molecule has 0 saturated carbocycles. The molecule has 0 aliphatic rings. The molecule has 0 heterocycles. The SMILES string of the molecule is O=C=NCc1ccc(CCCI)cc1. The zero-order valence-corrected chi connectivity index (χ0v) is 10.0. The van der Waals surface area contributed by atoms with Gasteiger partial charge in [0.1, 0.15) is 0 Å². The molecule has 0 saturated heterocycles. The molecular weight excluding hydrogens is 289 g/mol. The number of rotatable bonds is 5. The quantitative estimate of drug-likeness (QED) is 0.356. The molecule has 0 aromatic heterocycles. The average molecular weight is 301 g/mol. The summed E-state index contributed by atoms with van der Waals surface area (Å²) >= 11 is 2.38. The Morgan fingerprint density at radius 3 is 2.43 bits per heavy atom. The fourth-order valence-corrected chi connectivity index (χ4v) is 1.59. The van der Waals surface area contributed by atoms with Crippen molar-refractivity contribution in [3.05, 3.63) is 35.4 Å². The van der Waals surface area contributed by atoms with E-state index in [9.17, 15) is 4.79 Å². The molecule has 0 fully saturated rings. The van der Waals surface area contributed by atoms with E-state index in [-0.39, 0.29) is 0 Å². The Balaban J connectivity index is 2.54. The van der Waals surface area contributed by atoms with Crippen LogP contribution in [-0.2, 0) is 17.8 Å². The molecule has 0 aliphatic carbocycles. The fraction of sp³-hybridized carbons (Fsp3) is 0.364. The maximum absolute atomic E-state index is 9.89. The molecule has 0 atom stereocenters. The van der Waals surface area contributed by atoms with Crippen LogP contribution in [0.3, 0.4) is 0 Å². The van der Waals surface area contributed by atoms with Crippen molar-refractivity contribution in [3.63, 3.8) is 0 Å². The topological polar surface area (TPSA) is 29.4 Å². The second-order valence-electron chi connectivity index (χ2n) is 3.02. The summed E-state index contributed by atoms with van der Waals surface area (Å²) in [6.45, 7) is 0.441. The van der Waals surface area contributed by atoms with Crippen molar-refractivity contribution in [2.45, 2.75) is 19.4 Å². The molecule has 2 nitrogen and oxygen atoms in total. The van der Waals surface area contributed by atoms with Crippen LogP contribution in [0.4, 0.5) is 0 Å². The lowest BCUT2D eigenvalue weighted by molar-refractivity contribution is 0.563. The summed E-state index contributed by atoms with van der Waals surface area (Å²) in [4.78, 5) is 13.4. The predicted molar refractivity (Wildman–Crippen MR) is 65.5 cm³/mol. The van der Waals surface area contributed by atoms with Crippen LogP contribution in [0.1, 0.15) is 17.5 Å². The summed E-state index contributed by atoms with van der Waals surface area (Å²) in [5.41, 5.74) is 2.41. The summed E-state index contributed by atoms with van der Waals surface area (Å²) in [6, 6.07) is 8.23. The van der Waals surface area contributed by atoms with Gasteiger partial charge in [0, 0.05) is 0 Å². The maximum Gasteiger partial charge on any atom is 0.235 e. The van der Waals surface area contributed by atoms with E-state index in [1.807, 2.05) is 12.1 Å². The number of aliphatic imine (C=N–C) groups is 1. The Morgan fingerprint density at radius 1 is 1.21 bits per heavy atom. The molecule has 1 aromatic carbocycles. The summed E-state index contributed by atoms with van der Waals surface area (Å²) in [6.07, 6.45) is 3.88. The Bertz CT molecular complexity index is 315.